The fraction of sp³-hybridized carbons (Fsp3) is 0.333. The van der Waals surface area contributed by atoms with Gasteiger partial charge in [0.05, 0.1) is 0 Å². The normalized spacial score (nSPS) is 12.2. The monoisotopic (exact) mass is 396 g/mol. The fourth-order valence-corrected chi connectivity index (χ4v) is 1.99. The van der Waals surface area contributed by atoms with Crippen molar-refractivity contribution in [3.63, 3.8) is 0 Å². The minimum atomic E-state index is -4.48. The summed E-state index contributed by atoms with van der Waals surface area (Å²) in [6.45, 7) is 2.70. The van der Waals surface area contributed by atoms with E-state index in [1.54, 1.807) is 6.92 Å². The number of ether oxygens (including phenoxy) is 1. The Balaban J connectivity index is 1.92. The van der Waals surface area contributed by atoms with E-state index in [1.807, 2.05) is 0 Å². The molecule has 2 heterocycles. The Labute approximate surface area is 159 Å². The van der Waals surface area contributed by atoms with Crippen molar-refractivity contribution in [2.45, 2.75) is 39.1 Å². The minimum absolute atomic E-state index is 0.111. The lowest BCUT2D eigenvalue weighted by molar-refractivity contribution is -0.189. The van der Waals surface area contributed by atoms with Crippen molar-refractivity contribution >= 4 is 17.6 Å². The zero-order chi connectivity index (χ0) is 20.7. The maximum absolute atomic E-state index is 12.5. The van der Waals surface area contributed by atoms with Gasteiger partial charge >= 0.3 is 6.18 Å². The van der Waals surface area contributed by atoms with Crippen LogP contribution in [0.15, 0.2) is 36.7 Å². The average molecular weight is 396 g/mol. The lowest BCUT2D eigenvalue weighted by atomic mass is 10.2. The summed E-state index contributed by atoms with van der Waals surface area (Å²) in [6, 6.07) is 5.74. The third-order valence-electron chi connectivity index (χ3n) is 3.62. The van der Waals surface area contributed by atoms with E-state index in [-0.39, 0.29) is 30.6 Å². The van der Waals surface area contributed by atoms with Gasteiger partial charge in [0.15, 0.2) is 6.10 Å². The Morgan fingerprint density at radius 3 is 2.57 bits per heavy atom. The van der Waals surface area contributed by atoms with Gasteiger partial charge in [0, 0.05) is 37.0 Å². The van der Waals surface area contributed by atoms with Gasteiger partial charge < -0.3 is 15.4 Å². The summed E-state index contributed by atoms with van der Waals surface area (Å²) in [5, 5.41) is 5.21. The number of alkyl halides is 3. The molecule has 0 aliphatic rings. The number of nitrogens with zero attached hydrogens (tertiary/aromatic N) is 2. The number of amides is 2. The van der Waals surface area contributed by atoms with Gasteiger partial charge in [-0.3, -0.25) is 9.59 Å². The lowest BCUT2D eigenvalue weighted by Gasteiger charge is -2.16. The standard InChI is InChI=1S/C18H19F3N4O3/c1-3-15(26)25-14-8-13(6-7-22-14)17(27)24-10-12-4-5-16(23-9-12)28-11(2)18(19,20)21/h4-9,11H,3,10H2,1-2H3,(H,24,27)(H,22,25,26). The second kappa shape index (κ2) is 9.16. The zero-order valence-electron chi connectivity index (χ0n) is 15.2. The van der Waals surface area contributed by atoms with Crippen LogP contribution in [0.4, 0.5) is 19.0 Å². The smallest absolute Gasteiger partial charge is 0.425 e. The number of nitrogens with one attached hydrogen (secondary N) is 2. The highest BCUT2D eigenvalue weighted by Crippen LogP contribution is 2.23. The van der Waals surface area contributed by atoms with Gasteiger partial charge in [-0.05, 0) is 24.6 Å². The van der Waals surface area contributed by atoms with Crippen LogP contribution < -0.4 is 15.4 Å². The van der Waals surface area contributed by atoms with Crippen molar-refractivity contribution < 1.29 is 27.5 Å². The molecule has 0 saturated heterocycles. The van der Waals surface area contributed by atoms with Gasteiger partial charge in [0.25, 0.3) is 5.91 Å². The Kier molecular flexibility index (Phi) is 6.91. The number of hydrogen-bond acceptors (Lipinski definition) is 5. The highest BCUT2D eigenvalue weighted by Gasteiger charge is 2.38. The lowest BCUT2D eigenvalue weighted by Crippen LogP contribution is -2.31. The summed E-state index contributed by atoms with van der Waals surface area (Å²) in [5.41, 5.74) is 0.877. The SMILES string of the molecule is CCC(=O)Nc1cc(C(=O)NCc2ccc(OC(C)C(F)(F)F)nc2)ccn1. The van der Waals surface area contributed by atoms with Crippen LogP contribution in [0.3, 0.4) is 0 Å². The molecule has 0 radical (unpaired) electrons. The van der Waals surface area contributed by atoms with Crippen molar-refractivity contribution in [1.29, 1.82) is 0 Å². The maximum Gasteiger partial charge on any atom is 0.425 e. The van der Waals surface area contributed by atoms with Crippen LogP contribution in [0.5, 0.6) is 5.88 Å². The molecule has 1 atom stereocenters. The van der Waals surface area contributed by atoms with Gasteiger partial charge in [-0.2, -0.15) is 13.2 Å². The molecule has 0 aliphatic heterocycles. The van der Waals surface area contributed by atoms with Crippen LogP contribution in [-0.4, -0.2) is 34.1 Å². The number of hydrogen-bond donors (Lipinski definition) is 2. The highest BCUT2D eigenvalue weighted by atomic mass is 19.4. The third-order valence-corrected chi connectivity index (χ3v) is 3.62. The first-order valence-electron chi connectivity index (χ1n) is 8.41. The number of halogens is 3. The first-order chi connectivity index (χ1) is 13.2. The average Bonchev–Trinajstić information content (AvgIpc) is 2.66. The van der Waals surface area contributed by atoms with Gasteiger partial charge in [-0.1, -0.05) is 13.0 Å². The van der Waals surface area contributed by atoms with Crippen LogP contribution in [0.2, 0.25) is 0 Å². The maximum atomic E-state index is 12.5. The molecule has 10 heteroatoms. The molecule has 0 fully saturated rings. The molecule has 0 aliphatic carbocycles. The van der Waals surface area contributed by atoms with Gasteiger partial charge in [0.1, 0.15) is 5.82 Å². The number of carbonyl (C=O) groups is 2. The van der Waals surface area contributed by atoms with E-state index in [1.165, 1.54) is 36.7 Å². The molecule has 0 spiro atoms. The molecule has 1 unspecified atom stereocenters. The van der Waals surface area contributed by atoms with E-state index in [2.05, 4.69) is 20.6 Å². The molecule has 2 aromatic heterocycles. The summed E-state index contributed by atoms with van der Waals surface area (Å²) >= 11 is 0. The molecule has 28 heavy (non-hydrogen) atoms. The predicted octanol–water partition coefficient (Wildman–Crippen LogP) is 3.08. The highest BCUT2D eigenvalue weighted by molar-refractivity contribution is 5.96. The van der Waals surface area contributed by atoms with Gasteiger partial charge in [-0.15, -0.1) is 0 Å². The van der Waals surface area contributed by atoms with Crippen LogP contribution >= 0.6 is 0 Å². The van der Waals surface area contributed by atoms with Crippen LogP contribution in [0.1, 0.15) is 36.2 Å². The Morgan fingerprint density at radius 2 is 1.96 bits per heavy atom. The van der Waals surface area contributed by atoms with Crippen LogP contribution in [0.25, 0.3) is 0 Å². The Morgan fingerprint density at radius 1 is 1.21 bits per heavy atom. The molecule has 2 rings (SSSR count). The van der Waals surface area contributed by atoms with E-state index in [4.69, 9.17) is 4.74 Å². The molecule has 0 saturated carbocycles. The van der Waals surface area contributed by atoms with E-state index in [0.717, 1.165) is 6.92 Å². The number of anilines is 1. The summed E-state index contributed by atoms with van der Waals surface area (Å²) < 4.78 is 42.1. The molecular weight excluding hydrogens is 377 g/mol. The largest absolute Gasteiger partial charge is 0.465 e. The fourth-order valence-electron chi connectivity index (χ4n) is 1.99. The molecule has 2 N–H and O–H groups in total. The summed E-state index contributed by atoms with van der Waals surface area (Å²) in [7, 11) is 0. The second-order valence-corrected chi connectivity index (χ2v) is 5.82. The third kappa shape index (κ3) is 6.22. The first-order valence-corrected chi connectivity index (χ1v) is 8.41. The van der Waals surface area contributed by atoms with Crippen molar-refractivity contribution in [1.82, 2.24) is 15.3 Å². The Bertz CT molecular complexity index is 826. The predicted molar refractivity (Wildman–Crippen MR) is 94.7 cm³/mol. The molecule has 0 aromatic carbocycles. The molecular formula is C18H19F3N4O3. The molecule has 7 nitrogen and oxygen atoms in total. The number of carbonyl (C=O) groups excluding carboxylic acids is 2. The van der Waals surface area contributed by atoms with Gasteiger partial charge in [0.2, 0.25) is 11.8 Å². The van der Waals surface area contributed by atoms with Crippen LogP contribution in [0, 0.1) is 0 Å². The van der Waals surface area contributed by atoms with E-state index in [0.29, 0.717) is 11.1 Å². The number of rotatable bonds is 7. The molecule has 150 valence electrons. The quantitative estimate of drug-likeness (QED) is 0.750. The van der Waals surface area contributed by atoms with Crippen molar-refractivity contribution in [3.05, 3.63) is 47.8 Å². The topological polar surface area (TPSA) is 93.2 Å². The zero-order valence-corrected chi connectivity index (χ0v) is 15.2. The summed E-state index contributed by atoms with van der Waals surface area (Å²) in [4.78, 5) is 31.4. The number of aromatic nitrogens is 2. The van der Waals surface area contributed by atoms with Crippen molar-refractivity contribution in [3.8, 4) is 5.88 Å². The van der Waals surface area contributed by atoms with E-state index >= 15 is 0 Å². The summed E-state index contributed by atoms with van der Waals surface area (Å²) in [6.07, 6.45) is -3.45. The van der Waals surface area contributed by atoms with Crippen molar-refractivity contribution in [2.24, 2.45) is 0 Å². The van der Waals surface area contributed by atoms with Crippen LogP contribution in [-0.2, 0) is 11.3 Å². The number of pyridine rings is 2. The van der Waals surface area contributed by atoms with Gasteiger partial charge in [-0.25, -0.2) is 9.97 Å². The molecule has 2 aromatic rings. The van der Waals surface area contributed by atoms with Crippen molar-refractivity contribution in [2.75, 3.05) is 5.32 Å². The molecule has 0 bridgehead atoms. The Hall–Kier alpha value is -3.17. The van der Waals surface area contributed by atoms with E-state index < -0.39 is 18.2 Å². The van der Waals surface area contributed by atoms with E-state index in [9.17, 15) is 22.8 Å². The first kappa shape index (κ1) is 21.1. The minimum Gasteiger partial charge on any atom is -0.465 e. The second-order valence-electron chi connectivity index (χ2n) is 5.82. The summed E-state index contributed by atoms with van der Waals surface area (Å²) in [5.74, 6) is -0.523. The molecule has 2 amide bonds.